The molecule has 0 radical (unpaired) electrons. The van der Waals surface area contributed by atoms with Crippen molar-refractivity contribution in [2.75, 3.05) is 20.6 Å². The molecule has 2 nitrogen and oxygen atoms in total. The summed E-state index contributed by atoms with van der Waals surface area (Å²) in [6, 6.07) is 18.9. The maximum absolute atomic E-state index is 12.6. The lowest BCUT2D eigenvalue weighted by atomic mass is 9.91. The summed E-state index contributed by atoms with van der Waals surface area (Å²) >= 11 is 0. The summed E-state index contributed by atoms with van der Waals surface area (Å²) in [5.41, 5.74) is 0.819. The fraction of sp³-hybridized carbons (Fsp3) is 0.150. The third kappa shape index (κ3) is 1.88. The first-order valence-corrected chi connectivity index (χ1v) is 7.49. The van der Waals surface area contributed by atoms with E-state index in [9.17, 15) is 4.79 Å². The van der Waals surface area contributed by atoms with Crippen LogP contribution in [-0.4, -0.2) is 31.3 Å². The van der Waals surface area contributed by atoms with Crippen molar-refractivity contribution in [3.05, 3.63) is 60.2 Å². The van der Waals surface area contributed by atoms with Crippen LogP contribution in [0.15, 0.2) is 54.6 Å². The summed E-state index contributed by atoms with van der Waals surface area (Å²) in [4.78, 5) is 14.5. The number of ketones is 1. The van der Waals surface area contributed by atoms with Gasteiger partial charge < -0.3 is 4.90 Å². The molecule has 0 aliphatic heterocycles. The first kappa shape index (κ1) is 13.2. The molecule has 0 unspecified atom stereocenters. The maximum atomic E-state index is 12.6. The van der Waals surface area contributed by atoms with Crippen molar-refractivity contribution in [2.45, 2.75) is 0 Å². The number of Topliss-reactive ketones (excluding diaryl/α,β-unsaturated/α-hetero) is 1. The van der Waals surface area contributed by atoms with Gasteiger partial charge in [0, 0.05) is 5.56 Å². The van der Waals surface area contributed by atoms with Gasteiger partial charge in [0.1, 0.15) is 0 Å². The molecule has 0 N–H and O–H groups in total. The molecule has 0 heterocycles. The van der Waals surface area contributed by atoms with Crippen molar-refractivity contribution in [1.82, 2.24) is 4.90 Å². The van der Waals surface area contributed by atoms with Crippen LogP contribution in [0, 0.1) is 0 Å². The largest absolute Gasteiger partial charge is 0.302 e. The Morgan fingerprint density at radius 2 is 1.41 bits per heavy atom. The molecule has 22 heavy (non-hydrogen) atoms. The highest BCUT2D eigenvalue weighted by atomic mass is 16.1. The second kappa shape index (κ2) is 4.79. The number of carbonyl (C=O) groups is 1. The molecular weight excluding hydrogens is 270 g/mol. The van der Waals surface area contributed by atoms with Gasteiger partial charge in [-0.1, -0.05) is 54.6 Å². The maximum Gasteiger partial charge on any atom is 0.177 e. The molecule has 0 atom stereocenters. The fourth-order valence-corrected chi connectivity index (χ4v) is 3.35. The Bertz CT molecular complexity index is 985. The van der Waals surface area contributed by atoms with E-state index in [1.807, 2.05) is 25.1 Å². The number of hydrogen-bond acceptors (Lipinski definition) is 2. The minimum absolute atomic E-state index is 0.169. The predicted octanol–water partition coefficient (Wildman–Crippen LogP) is 4.33. The van der Waals surface area contributed by atoms with Crippen molar-refractivity contribution in [1.29, 1.82) is 0 Å². The van der Waals surface area contributed by atoms with Gasteiger partial charge in [0.15, 0.2) is 5.78 Å². The minimum Gasteiger partial charge on any atom is -0.302 e. The Hall–Kier alpha value is -2.45. The van der Waals surface area contributed by atoms with Crippen molar-refractivity contribution >= 4 is 38.1 Å². The van der Waals surface area contributed by atoms with E-state index in [1.165, 1.54) is 26.9 Å². The Morgan fingerprint density at radius 3 is 2.09 bits per heavy atom. The van der Waals surface area contributed by atoms with E-state index in [1.54, 1.807) is 0 Å². The van der Waals surface area contributed by atoms with Crippen molar-refractivity contribution in [2.24, 2.45) is 0 Å². The average Bonchev–Trinajstić information content (AvgIpc) is 2.51. The lowest BCUT2D eigenvalue weighted by molar-refractivity contribution is 0.0959. The molecule has 108 valence electrons. The molecule has 2 heteroatoms. The molecule has 0 saturated heterocycles. The molecule has 0 aliphatic rings. The van der Waals surface area contributed by atoms with Gasteiger partial charge in [-0.15, -0.1) is 0 Å². The second-order valence-electron chi connectivity index (χ2n) is 6.13. The van der Waals surface area contributed by atoms with Gasteiger partial charge in [-0.2, -0.15) is 0 Å². The number of carbonyl (C=O) groups excluding carboxylic acids is 1. The number of rotatable bonds is 3. The Balaban J connectivity index is 2.10. The summed E-state index contributed by atoms with van der Waals surface area (Å²) < 4.78 is 0. The van der Waals surface area contributed by atoms with E-state index >= 15 is 0 Å². The van der Waals surface area contributed by atoms with Crippen LogP contribution in [0.2, 0.25) is 0 Å². The van der Waals surface area contributed by atoms with Crippen LogP contribution in [-0.2, 0) is 0 Å². The number of likely N-dealkylation sites (N-methyl/N-ethyl adjacent to an activating group) is 1. The second-order valence-corrected chi connectivity index (χ2v) is 6.13. The molecule has 0 aromatic heterocycles. The Labute approximate surface area is 129 Å². The van der Waals surface area contributed by atoms with E-state index in [0.717, 1.165) is 10.9 Å². The first-order valence-electron chi connectivity index (χ1n) is 7.49. The van der Waals surface area contributed by atoms with Crippen molar-refractivity contribution < 1.29 is 4.79 Å². The van der Waals surface area contributed by atoms with Gasteiger partial charge >= 0.3 is 0 Å². The fourth-order valence-electron chi connectivity index (χ4n) is 3.35. The molecule has 0 fully saturated rings. The van der Waals surface area contributed by atoms with E-state index in [4.69, 9.17) is 0 Å². The minimum atomic E-state index is 0.169. The zero-order chi connectivity index (χ0) is 15.3. The number of nitrogens with zero attached hydrogens (tertiary/aromatic N) is 1. The van der Waals surface area contributed by atoms with E-state index in [2.05, 4.69) is 48.5 Å². The molecule has 0 spiro atoms. The molecular formula is C20H17NO. The quantitative estimate of drug-likeness (QED) is 0.413. The van der Waals surface area contributed by atoms with Crippen LogP contribution >= 0.6 is 0 Å². The summed E-state index contributed by atoms with van der Waals surface area (Å²) in [6.07, 6.45) is 0. The summed E-state index contributed by atoms with van der Waals surface area (Å²) in [7, 11) is 3.85. The Kier molecular flexibility index (Phi) is 2.88. The van der Waals surface area contributed by atoms with E-state index in [0.29, 0.717) is 6.54 Å². The van der Waals surface area contributed by atoms with Crippen LogP contribution in [0.25, 0.3) is 32.3 Å². The average molecular weight is 287 g/mol. The van der Waals surface area contributed by atoms with Crippen LogP contribution < -0.4 is 0 Å². The van der Waals surface area contributed by atoms with Gasteiger partial charge in [-0.3, -0.25) is 4.79 Å². The lowest BCUT2D eigenvalue weighted by Crippen LogP contribution is -2.21. The normalized spacial score (nSPS) is 12.0. The first-order chi connectivity index (χ1) is 10.6. The lowest BCUT2D eigenvalue weighted by Gasteiger charge is -2.14. The van der Waals surface area contributed by atoms with Gasteiger partial charge in [0.2, 0.25) is 0 Å². The molecule has 4 aromatic rings. The number of benzene rings is 4. The topological polar surface area (TPSA) is 20.3 Å². The Morgan fingerprint density at radius 1 is 0.818 bits per heavy atom. The molecule has 0 amide bonds. The van der Waals surface area contributed by atoms with Gasteiger partial charge in [0.25, 0.3) is 0 Å². The van der Waals surface area contributed by atoms with Gasteiger partial charge in [-0.25, -0.2) is 0 Å². The summed E-state index contributed by atoms with van der Waals surface area (Å²) in [5.74, 6) is 0.169. The van der Waals surface area contributed by atoms with Crippen LogP contribution in [0.3, 0.4) is 0 Å². The third-order valence-corrected chi connectivity index (χ3v) is 4.29. The monoisotopic (exact) mass is 287 g/mol. The molecule has 0 saturated carbocycles. The van der Waals surface area contributed by atoms with Crippen molar-refractivity contribution in [3.8, 4) is 0 Å². The van der Waals surface area contributed by atoms with Crippen LogP contribution in [0.1, 0.15) is 10.4 Å². The summed E-state index contributed by atoms with van der Waals surface area (Å²) in [5, 5.41) is 7.19. The van der Waals surface area contributed by atoms with Gasteiger partial charge in [-0.05, 0) is 46.4 Å². The SMILES string of the molecule is CN(C)CC(=O)c1ccc2ccc3cccc4ccc1c2c34. The highest BCUT2D eigenvalue weighted by Gasteiger charge is 2.15. The van der Waals surface area contributed by atoms with E-state index in [-0.39, 0.29) is 5.78 Å². The number of hydrogen-bond donors (Lipinski definition) is 0. The zero-order valence-corrected chi connectivity index (χ0v) is 12.8. The van der Waals surface area contributed by atoms with E-state index < -0.39 is 0 Å². The highest BCUT2D eigenvalue weighted by Crippen LogP contribution is 2.35. The van der Waals surface area contributed by atoms with Crippen molar-refractivity contribution in [3.63, 3.8) is 0 Å². The smallest absolute Gasteiger partial charge is 0.177 e. The molecule has 4 aromatic carbocycles. The van der Waals surface area contributed by atoms with Crippen LogP contribution in [0.5, 0.6) is 0 Å². The zero-order valence-electron chi connectivity index (χ0n) is 12.8. The highest BCUT2D eigenvalue weighted by molar-refractivity contribution is 6.26. The molecule has 0 bridgehead atoms. The predicted molar refractivity (Wildman–Crippen MR) is 93.0 cm³/mol. The summed E-state index contributed by atoms with van der Waals surface area (Å²) in [6.45, 7) is 0.434. The molecule has 4 rings (SSSR count). The molecule has 0 aliphatic carbocycles. The van der Waals surface area contributed by atoms with Gasteiger partial charge in [0.05, 0.1) is 6.54 Å². The standard InChI is InChI=1S/C20H17NO/c1-21(2)12-18(22)16-10-8-15-7-6-13-4-3-5-14-9-11-17(16)20(15)19(13)14/h3-11H,12H2,1-2H3. The van der Waals surface area contributed by atoms with Crippen LogP contribution in [0.4, 0.5) is 0 Å². The third-order valence-electron chi connectivity index (χ3n) is 4.29.